The molecule has 0 aliphatic heterocycles. The van der Waals surface area contributed by atoms with E-state index in [1.807, 2.05) is 0 Å². The van der Waals surface area contributed by atoms with Crippen LogP contribution in [-0.4, -0.2) is 43.1 Å². The van der Waals surface area contributed by atoms with Gasteiger partial charge < -0.3 is 4.74 Å². The van der Waals surface area contributed by atoms with Crippen molar-refractivity contribution in [1.82, 2.24) is 10.3 Å². The van der Waals surface area contributed by atoms with E-state index in [4.69, 9.17) is 8.92 Å². The van der Waals surface area contributed by atoms with Gasteiger partial charge in [0.1, 0.15) is 5.75 Å². The zero-order valence-electron chi connectivity index (χ0n) is 13.9. The molecular weight excluding hydrogens is 398 g/mol. The minimum absolute atomic E-state index is 0.0201. The highest BCUT2D eigenvalue weighted by Crippen LogP contribution is 2.31. The van der Waals surface area contributed by atoms with E-state index in [0.29, 0.717) is 10.6 Å². The van der Waals surface area contributed by atoms with Crippen molar-refractivity contribution < 1.29 is 26.9 Å². The van der Waals surface area contributed by atoms with E-state index in [0.717, 1.165) is 0 Å². The molecule has 1 aromatic heterocycles. The van der Waals surface area contributed by atoms with Gasteiger partial charge >= 0.3 is 5.69 Å². The summed E-state index contributed by atoms with van der Waals surface area (Å²) in [7, 11) is -2.41. The average Bonchev–Trinajstić information content (AvgIpc) is 3.15. The third-order valence-electron chi connectivity index (χ3n) is 3.48. The first-order valence-corrected chi connectivity index (χ1v) is 9.87. The maximum Gasteiger partial charge on any atom is 0.300 e. The molecule has 142 valence electrons. The Kier molecular flexibility index (Phi) is 5.58. The Bertz CT molecular complexity index is 1060. The van der Waals surface area contributed by atoms with E-state index >= 15 is 0 Å². The molecule has 0 aliphatic rings. The van der Waals surface area contributed by atoms with Crippen LogP contribution in [0.2, 0.25) is 0 Å². The summed E-state index contributed by atoms with van der Waals surface area (Å²) in [6.45, 7) is -0.0945. The van der Waals surface area contributed by atoms with E-state index in [1.54, 1.807) is 0 Å². The predicted molar refractivity (Wildman–Crippen MR) is 95.3 cm³/mol. The smallest absolute Gasteiger partial charge is 0.300 e. The first-order valence-electron chi connectivity index (χ1n) is 7.48. The number of benzene rings is 2. The van der Waals surface area contributed by atoms with Gasteiger partial charge in [0.2, 0.25) is 5.52 Å². The Morgan fingerprint density at radius 1 is 1.15 bits per heavy atom. The Hall–Kier alpha value is -2.70. The fraction of sp³-hybridized carbons (Fsp3) is 0.200. The Morgan fingerprint density at radius 2 is 1.85 bits per heavy atom. The van der Waals surface area contributed by atoms with Crippen LogP contribution in [0.25, 0.3) is 11.0 Å². The third kappa shape index (κ3) is 4.18. The molecule has 0 N–H and O–H groups in total. The maximum atomic E-state index is 12.1. The average molecular weight is 411 g/mol. The van der Waals surface area contributed by atoms with Gasteiger partial charge in [0.15, 0.2) is 5.52 Å². The second-order valence-electron chi connectivity index (χ2n) is 5.10. The maximum absolute atomic E-state index is 12.1. The van der Waals surface area contributed by atoms with E-state index in [9.17, 15) is 18.5 Å². The molecule has 0 amide bonds. The number of thioether (sulfide) groups is 1. The first kappa shape index (κ1) is 19.1. The number of aromatic nitrogens is 2. The number of fused-ring (bicyclic) bond motifs is 1. The van der Waals surface area contributed by atoms with Crippen LogP contribution in [0.5, 0.6) is 5.75 Å². The van der Waals surface area contributed by atoms with Crippen molar-refractivity contribution >= 4 is 38.6 Å². The molecule has 0 unspecified atom stereocenters. The third-order valence-corrected chi connectivity index (χ3v) is 5.82. The molecule has 0 bridgehead atoms. The number of non-ortho nitro benzene ring substituents is 1. The van der Waals surface area contributed by atoms with Crippen molar-refractivity contribution in [2.75, 3.05) is 19.5 Å². The van der Waals surface area contributed by atoms with Gasteiger partial charge in [0.25, 0.3) is 10.1 Å². The van der Waals surface area contributed by atoms with Gasteiger partial charge in [-0.1, -0.05) is 0 Å². The monoisotopic (exact) mass is 411 g/mol. The normalized spacial score (nSPS) is 11.6. The highest BCUT2D eigenvalue weighted by Gasteiger charge is 2.20. The zero-order chi connectivity index (χ0) is 19.4. The molecule has 27 heavy (non-hydrogen) atoms. The van der Waals surface area contributed by atoms with E-state index in [2.05, 4.69) is 14.9 Å². The summed E-state index contributed by atoms with van der Waals surface area (Å²) in [6, 6.07) is 8.63. The number of rotatable bonds is 8. The van der Waals surface area contributed by atoms with Gasteiger partial charge in [-0.05, 0) is 40.6 Å². The molecule has 3 aromatic rings. The highest BCUT2D eigenvalue weighted by molar-refractivity contribution is 7.99. The predicted octanol–water partition coefficient (Wildman–Crippen LogP) is 2.64. The van der Waals surface area contributed by atoms with Gasteiger partial charge in [-0.25, -0.2) is 4.63 Å². The Morgan fingerprint density at radius 3 is 2.52 bits per heavy atom. The number of nitro benzene ring substituents is 1. The molecule has 0 saturated heterocycles. The van der Waals surface area contributed by atoms with Crippen LogP contribution in [0.4, 0.5) is 5.69 Å². The van der Waals surface area contributed by atoms with Crippen LogP contribution in [0.3, 0.4) is 0 Å². The van der Waals surface area contributed by atoms with Crippen molar-refractivity contribution in [2.24, 2.45) is 0 Å². The lowest BCUT2D eigenvalue weighted by molar-refractivity contribution is -0.383. The first-order chi connectivity index (χ1) is 12.9. The topological polar surface area (TPSA) is 135 Å². The zero-order valence-corrected chi connectivity index (χ0v) is 15.5. The van der Waals surface area contributed by atoms with E-state index in [-0.39, 0.29) is 34.0 Å². The molecule has 0 spiro atoms. The number of nitrogens with zero attached hydrogens (tertiary/aromatic N) is 3. The quantitative estimate of drug-likeness (QED) is 0.179. The van der Waals surface area contributed by atoms with Crippen molar-refractivity contribution in [3.8, 4) is 5.75 Å². The minimum atomic E-state index is -3.89. The van der Waals surface area contributed by atoms with Gasteiger partial charge in [0, 0.05) is 16.7 Å². The molecule has 0 fully saturated rings. The summed E-state index contributed by atoms with van der Waals surface area (Å²) in [5.41, 5.74) is 0.0675. The fourth-order valence-corrected chi connectivity index (χ4v) is 4.04. The van der Waals surface area contributed by atoms with Gasteiger partial charge in [-0.3, -0.25) is 14.3 Å². The summed E-state index contributed by atoms with van der Waals surface area (Å²) < 4.78 is 38.9. The second-order valence-corrected chi connectivity index (χ2v) is 7.85. The lowest BCUT2D eigenvalue weighted by Gasteiger charge is -2.06. The Labute approximate surface area is 157 Å². The molecule has 3 rings (SSSR count). The van der Waals surface area contributed by atoms with Crippen molar-refractivity contribution in [2.45, 2.75) is 9.79 Å². The fourth-order valence-electron chi connectivity index (χ4n) is 2.20. The number of hydrogen-bond acceptors (Lipinski definition) is 10. The summed E-state index contributed by atoms with van der Waals surface area (Å²) in [4.78, 5) is 11.0. The lowest BCUT2D eigenvalue weighted by Crippen LogP contribution is -2.09. The summed E-state index contributed by atoms with van der Waals surface area (Å²) in [5.74, 6) is 0.808. The minimum Gasteiger partial charge on any atom is -0.497 e. The molecular formula is C15H13N3O7S2. The molecule has 2 aromatic carbocycles. The van der Waals surface area contributed by atoms with Gasteiger partial charge in [-0.2, -0.15) is 8.42 Å². The van der Waals surface area contributed by atoms with Crippen LogP contribution < -0.4 is 4.74 Å². The molecule has 0 aliphatic carbocycles. The second kappa shape index (κ2) is 7.90. The summed E-state index contributed by atoms with van der Waals surface area (Å²) in [6.07, 6.45) is 0. The SMILES string of the molecule is COc1ccc(S(=O)(=O)OCCSc2ccc([N+](=O)[O-])c3nonc23)cc1. The van der Waals surface area contributed by atoms with Crippen molar-refractivity contribution in [1.29, 1.82) is 0 Å². The molecule has 0 atom stereocenters. The van der Waals surface area contributed by atoms with Crippen LogP contribution >= 0.6 is 11.8 Å². The summed E-state index contributed by atoms with van der Waals surface area (Å²) in [5, 5.41) is 18.2. The Balaban J connectivity index is 1.63. The standard InChI is InChI=1S/C15H13N3O7S2/c1-23-10-2-4-11(5-3-10)27(21,22)24-8-9-26-13-7-6-12(18(19)20)14-15(13)17-25-16-14/h2-7H,8-9H2,1H3. The summed E-state index contributed by atoms with van der Waals surface area (Å²) >= 11 is 1.22. The molecule has 10 nitrogen and oxygen atoms in total. The lowest BCUT2D eigenvalue weighted by atomic mass is 10.3. The van der Waals surface area contributed by atoms with Gasteiger partial charge in [0.05, 0.1) is 23.5 Å². The number of hydrogen-bond donors (Lipinski definition) is 0. The number of methoxy groups -OCH3 is 1. The van der Waals surface area contributed by atoms with Crippen LogP contribution in [0.1, 0.15) is 0 Å². The molecule has 0 saturated carbocycles. The molecule has 12 heteroatoms. The molecule has 0 radical (unpaired) electrons. The molecule has 1 heterocycles. The van der Waals surface area contributed by atoms with E-state index < -0.39 is 15.0 Å². The van der Waals surface area contributed by atoms with Crippen molar-refractivity contribution in [3.63, 3.8) is 0 Å². The number of ether oxygens (including phenoxy) is 1. The number of nitro groups is 1. The van der Waals surface area contributed by atoms with E-state index in [1.165, 1.54) is 55.3 Å². The van der Waals surface area contributed by atoms with Crippen LogP contribution in [0.15, 0.2) is 50.8 Å². The van der Waals surface area contributed by atoms with Gasteiger partial charge in [-0.15, -0.1) is 11.8 Å². The van der Waals surface area contributed by atoms with Crippen LogP contribution in [0, 0.1) is 10.1 Å². The van der Waals surface area contributed by atoms with Crippen molar-refractivity contribution in [3.05, 3.63) is 46.5 Å². The largest absolute Gasteiger partial charge is 0.497 e. The highest BCUT2D eigenvalue weighted by atomic mass is 32.2. The van der Waals surface area contributed by atoms with Crippen LogP contribution in [-0.2, 0) is 14.3 Å².